The zero-order valence-corrected chi connectivity index (χ0v) is 10.5. The molecule has 0 aromatic heterocycles. The molecule has 1 heterocycles. The van der Waals surface area contributed by atoms with Gasteiger partial charge in [0, 0.05) is 39.5 Å². The van der Waals surface area contributed by atoms with E-state index in [-0.39, 0.29) is 0 Å². The molecule has 0 amide bonds. The Morgan fingerprint density at radius 1 is 1.44 bits per heavy atom. The minimum absolute atomic E-state index is 0.344. The van der Waals surface area contributed by atoms with Crippen LogP contribution < -0.4 is 5.32 Å². The van der Waals surface area contributed by atoms with Gasteiger partial charge in [-0.1, -0.05) is 35.0 Å². The van der Waals surface area contributed by atoms with Gasteiger partial charge in [0.2, 0.25) is 0 Å². The Morgan fingerprint density at radius 2 is 2.25 bits per heavy atom. The molecule has 2 nitrogen and oxygen atoms in total. The highest BCUT2D eigenvalue weighted by Crippen LogP contribution is 2.43. The summed E-state index contributed by atoms with van der Waals surface area (Å²) in [6.07, 6.45) is 0. The van der Waals surface area contributed by atoms with Crippen molar-refractivity contribution < 1.29 is 5.11 Å². The van der Waals surface area contributed by atoms with Crippen LogP contribution in [0.2, 0.25) is 0 Å². The fourth-order valence-corrected chi connectivity index (χ4v) is 3.04. The van der Waals surface area contributed by atoms with Crippen molar-refractivity contribution in [3.05, 3.63) is 34.3 Å². The fourth-order valence-electron chi connectivity index (χ4n) is 2.46. The highest BCUT2D eigenvalue weighted by Gasteiger charge is 2.23. The third-order valence-corrected chi connectivity index (χ3v) is 3.88. The summed E-state index contributed by atoms with van der Waals surface area (Å²) in [6.45, 7) is 3.14. The molecule has 3 rings (SSSR count). The molecule has 2 aromatic rings. The normalized spacial score (nSPS) is 18.5. The van der Waals surface area contributed by atoms with Crippen LogP contribution in [0.1, 0.15) is 18.4 Å². The van der Waals surface area contributed by atoms with Crippen molar-refractivity contribution in [3.8, 4) is 5.75 Å². The minimum Gasteiger partial charge on any atom is -0.507 e. The number of halogens is 1. The Kier molecular flexibility index (Phi) is 2.11. The molecule has 1 aliphatic heterocycles. The van der Waals surface area contributed by atoms with Crippen molar-refractivity contribution in [2.24, 2.45) is 0 Å². The first-order valence-electron chi connectivity index (χ1n) is 5.36. The van der Waals surface area contributed by atoms with E-state index in [9.17, 15) is 5.11 Å². The SMILES string of the molecule is CC1CNc2cc(O)c3cccc(Br)c3c21. The molecule has 0 fully saturated rings. The molecule has 0 saturated carbocycles. The summed E-state index contributed by atoms with van der Waals surface area (Å²) >= 11 is 3.57. The van der Waals surface area contributed by atoms with Crippen molar-refractivity contribution in [1.29, 1.82) is 0 Å². The molecule has 3 heteroatoms. The Morgan fingerprint density at radius 3 is 3.06 bits per heavy atom. The number of hydrogen-bond donors (Lipinski definition) is 2. The summed E-state index contributed by atoms with van der Waals surface area (Å²) in [5.41, 5.74) is 2.37. The van der Waals surface area contributed by atoms with E-state index in [0.717, 1.165) is 27.5 Å². The average molecular weight is 278 g/mol. The standard InChI is InChI=1S/C13H12BrNO/c1-7-6-15-10-5-11(16)8-3-2-4-9(14)13(8)12(7)10/h2-5,7,15-16H,6H2,1H3. The molecule has 0 bridgehead atoms. The lowest BCUT2D eigenvalue weighted by molar-refractivity contribution is 0.482. The number of phenols is 1. The molecule has 0 spiro atoms. The second kappa shape index (κ2) is 3.39. The van der Waals surface area contributed by atoms with Gasteiger partial charge >= 0.3 is 0 Å². The summed E-state index contributed by atoms with van der Waals surface area (Å²) < 4.78 is 1.05. The number of aromatic hydroxyl groups is 1. The molecule has 1 atom stereocenters. The van der Waals surface area contributed by atoms with E-state index in [1.54, 1.807) is 0 Å². The zero-order chi connectivity index (χ0) is 11.3. The topological polar surface area (TPSA) is 32.3 Å². The Bertz CT molecular complexity index is 580. The predicted octanol–water partition coefficient (Wildman–Crippen LogP) is 3.84. The molecule has 1 aliphatic rings. The maximum atomic E-state index is 9.99. The summed E-state index contributed by atoms with van der Waals surface area (Å²) in [7, 11) is 0. The molecule has 0 radical (unpaired) electrons. The van der Waals surface area contributed by atoms with Gasteiger partial charge in [0.15, 0.2) is 0 Å². The number of anilines is 1. The third kappa shape index (κ3) is 1.24. The number of nitrogens with one attached hydrogen (secondary N) is 1. The van der Waals surface area contributed by atoms with Crippen LogP contribution in [0.3, 0.4) is 0 Å². The molecule has 1 unspecified atom stereocenters. The number of hydrogen-bond acceptors (Lipinski definition) is 2. The Labute approximate surface area is 102 Å². The van der Waals surface area contributed by atoms with Crippen LogP contribution in [0, 0.1) is 0 Å². The van der Waals surface area contributed by atoms with Crippen molar-refractivity contribution in [2.75, 3.05) is 11.9 Å². The smallest absolute Gasteiger partial charge is 0.125 e. The second-order valence-electron chi connectivity index (χ2n) is 4.30. The first-order valence-corrected chi connectivity index (χ1v) is 6.15. The molecular weight excluding hydrogens is 266 g/mol. The lowest BCUT2D eigenvalue weighted by Gasteiger charge is -2.11. The lowest BCUT2D eigenvalue weighted by Crippen LogP contribution is -1.96. The van der Waals surface area contributed by atoms with E-state index in [1.165, 1.54) is 5.56 Å². The van der Waals surface area contributed by atoms with Gasteiger partial charge < -0.3 is 10.4 Å². The molecule has 2 N–H and O–H groups in total. The summed E-state index contributed by atoms with van der Waals surface area (Å²) in [5.74, 6) is 0.827. The van der Waals surface area contributed by atoms with Gasteiger partial charge in [-0.05, 0) is 11.6 Å². The van der Waals surface area contributed by atoms with Gasteiger partial charge in [0.1, 0.15) is 5.75 Å². The number of phenolic OH excluding ortho intramolecular Hbond substituents is 1. The quantitative estimate of drug-likeness (QED) is 0.767. The molecule has 16 heavy (non-hydrogen) atoms. The number of fused-ring (bicyclic) bond motifs is 3. The van der Waals surface area contributed by atoms with Gasteiger partial charge in [0.05, 0.1) is 0 Å². The van der Waals surface area contributed by atoms with Gasteiger partial charge in [-0.25, -0.2) is 0 Å². The van der Waals surface area contributed by atoms with Crippen LogP contribution in [-0.2, 0) is 0 Å². The Hall–Kier alpha value is -1.22. The fraction of sp³-hybridized carbons (Fsp3) is 0.231. The first kappa shape index (κ1) is 9.97. The van der Waals surface area contributed by atoms with Gasteiger partial charge in [-0.15, -0.1) is 0 Å². The van der Waals surface area contributed by atoms with E-state index in [0.29, 0.717) is 11.7 Å². The highest BCUT2D eigenvalue weighted by atomic mass is 79.9. The van der Waals surface area contributed by atoms with Crippen LogP contribution in [0.5, 0.6) is 5.75 Å². The van der Waals surface area contributed by atoms with Crippen LogP contribution >= 0.6 is 15.9 Å². The van der Waals surface area contributed by atoms with Crippen LogP contribution in [0.15, 0.2) is 28.7 Å². The maximum Gasteiger partial charge on any atom is 0.125 e. The molecule has 0 saturated heterocycles. The summed E-state index contributed by atoms with van der Waals surface area (Å²) in [4.78, 5) is 0. The summed E-state index contributed by atoms with van der Waals surface area (Å²) in [6, 6.07) is 7.76. The largest absolute Gasteiger partial charge is 0.507 e. The average Bonchev–Trinajstić information content (AvgIpc) is 2.61. The second-order valence-corrected chi connectivity index (χ2v) is 5.16. The first-order chi connectivity index (χ1) is 7.68. The Balaban J connectivity index is 2.50. The van der Waals surface area contributed by atoms with Crippen molar-refractivity contribution >= 4 is 32.4 Å². The predicted molar refractivity (Wildman–Crippen MR) is 70.2 cm³/mol. The van der Waals surface area contributed by atoms with E-state index in [2.05, 4.69) is 28.2 Å². The van der Waals surface area contributed by atoms with Crippen molar-refractivity contribution in [2.45, 2.75) is 12.8 Å². The lowest BCUT2D eigenvalue weighted by atomic mass is 9.95. The molecule has 2 aromatic carbocycles. The van der Waals surface area contributed by atoms with E-state index in [4.69, 9.17) is 0 Å². The van der Waals surface area contributed by atoms with Crippen LogP contribution in [0.4, 0.5) is 5.69 Å². The van der Waals surface area contributed by atoms with Gasteiger partial charge in [0.25, 0.3) is 0 Å². The zero-order valence-electron chi connectivity index (χ0n) is 8.92. The molecule has 82 valence electrons. The number of rotatable bonds is 0. The van der Waals surface area contributed by atoms with E-state index >= 15 is 0 Å². The van der Waals surface area contributed by atoms with E-state index < -0.39 is 0 Å². The summed E-state index contributed by atoms with van der Waals surface area (Å²) in [5, 5.41) is 15.4. The van der Waals surface area contributed by atoms with Crippen LogP contribution in [0.25, 0.3) is 10.8 Å². The van der Waals surface area contributed by atoms with E-state index in [1.807, 2.05) is 24.3 Å². The molecule has 0 aliphatic carbocycles. The monoisotopic (exact) mass is 277 g/mol. The minimum atomic E-state index is 0.344. The van der Waals surface area contributed by atoms with Gasteiger partial charge in [-0.2, -0.15) is 0 Å². The highest BCUT2D eigenvalue weighted by molar-refractivity contribution is 9.10. The number of benzene rings is 2. The third-order valence-electron chi connectivity index (χ3n) is 3.22. The maximum absolute atomic E-state index is 9.99. The van der Waals surface area contributed by atoms with Crippen molar-refractivity contribution in [3.63, 3.8) is 0 Å². The van der Waals surface area contributed by atoms with Gasteiger partial charge in [-0.3, -0.25) is 0 Å². The van der Waals surface area contributed by atoms with Crippen LogP contribution in [-0.4, -0.2) is 11.7 Å². The molecular formula is C13H12BrNO. The van der Waals surface area contributed by atoms with Crippen molar-refractivity contribution in [1.82, 2.24) is 0 Å².